The van der Waals surface area contributed by atoms with Gasteiger partial charge in [0.05, 0.1) is 18.7 Å². The zero-order chi connectivity index (χ0) is 20.2. The second kappa shape index (κ2) is 8.36. The normalized spacial score (nSPS) is 10.8. The molecule has 0 spiro atoms. The number of nitrogens with zero attached hydrogens (tertiary/aromatic N) is 1. The Morgan fingerprint density at radius 1 is 1.07 bits per heavy atom. The fraction of sp³-hybridized carbons (Fsp3) is 0.182. The van der Waals surface area contributed by atoms with Crippen LogP contribution in [0.1, 0.15) is 16.3 Å². The van der Waals surface area contributed by atoms with Gasteiger partial charge in [0.25, 0.3) is 0 Å². The molecular formula is C22H21N3O3S. The third-order valence-electron chi connectivity index (χ3n) is 4.52. The van der Waals surface area contributed by atoms with Gasteiger partial charge in [0.1, 0.15) is 17.2 Å². The average Bonchev–Trinajstić information content (AvgIpc) is 3.39. The SMILES string of the molecule is COc1ccc2cc(CNC(=O)NCc3ccc(-c4csc(C)n4)o3)ccc2c1. The van der Waals surface area contributed by atoms with E-state index in [4.69, 9.17) is 9.15 Å². The van der Waals surface area contributed by atoms with Crippen molar-refractivity contribution in [1.29, 1.82) is 0 Å². The highest BCUT2D eigenvalue weighted by Gasteiger charge is 2.09. The molecule has 4 rings (SSSR count). The summed E-state index contributed by atoms with van der Waals surface area (Å²) in [5.74, 6) is 2.22. The zero-order valence-electron chi connectivity index (χ0n) is 16.2. The number of carbonyl (C=O) groups is 1. The van der Waals surface area contributed by atoms with Crippen LogP contribution in [-0.4, -0.2) is 18.1 Å². The monoisotopic (exact) mass is 407 g/mol. The minimum absolute atomic E-state index is 0.248. The number of nitrogens with one attached hydrogen (secondary N) is 2. The lowest BCUT2D eigenvalue weighted by molar-refractivity contribution is 0.239. The molecule has 4 aromatic rings. The first kappa shape index (κ1) is 19.0. The molecule has 2 heterocycles. The second-order valence-corrected chi connectivity index (χ2v) is 7.66. The summed E-state index contributed by atoms with van der Waals surface area (Å²) in [4.78, 5) is 16.5. The molecule has 0 saturated carbocycles. The molecule has 0 fully saturated rings. The molecule has 2 aromatic heterocycles. The van der Waals surface area contributed by atoms with Crippen molar-refractivity contribution >= 4 is 28.1 Å². The van der Waals surface area contributed by atoms with Gasteiger partial charge < -0.3 is 19.8 Å². The van der Waals surface area contributed by atoms with E-state index in [0.717, 1.165) is 32.8 Å². The molecule has 148 valence electrons. The minimum atomic E-state index is -0.248. The predicted molar refractivity (Wildman–Crippen MR) is 114 cm³/mol. The van der Waals surface area contributed by atoms with E-state index in [0.29, 0.717) is 24.6 Å². The van der Waals surface area contributed by atoms with Crippen molar-refractivity contribution in [2.24, 2.45) is 0 Å². The Bertz CT molecular complexity index is 1150. The summed E-state index contributed by atoms with van der Waals surface area (Å²) in [6.45, 7) is 2.71. The number of fused-ring (bicyclic) bond motifs is 1. The lowest BCUT2D eigenvalue weighted by Crippen LogP contribution is -2.34. The molecule has 0 unspecified atom stereocenters. The third-order valence-corrected chi connectivity index (χ3v) is 5.29. The van der Waals surface area contributed by atoms with Crippen LogP contribution in [0.15, 0.2) is 58.3 Å². The highest BCUT2D eigenvalue weighted by Crippen LogP contribution is 2.24. The van der Waals surface area contributed by atoms with E-state index in [2.05, 4.69) is 21.7 Å². The highest BCUT2D eigenvalue weighted by molar-refractivity contribution is 7.09. The molecule has 29 heavy (non-hydrogen) atoms. The minimum Gasteiger partial charge on any atom is -0.497 e. The summed E-state index contributed by atoms with van der Waals surface area (Å²) in [6, 6.07) is 15.5. The van der Waals surface area contributed by atoms with Gasteiger partial charge in [-0.3, -0.25) is 0 Å². The number of carbonyl (C=O) groups excluding carboxylic acids is 1. The maximum atomic E-state index is 12.1. The zero-order valence-corrected chi connectivity index (χ0v) is 17.0. The van der Waals surface area contributed by atoms with Crippen molar-refractivity contribution < 1.29 is 13.9 Å². The highest BCUT2D eigenvalue weighted by atomic mass is 32.1. The largest absolute Gasteiger partial charge is 0.497 e. The topological polar surface area (TPSA) is 76.4 Å². The van der Waals surface area contributed by atoms with Crippen molar-refractivity contribution in [3.8, 4) is 17.2 Å². The molecule has 0 radical (unpaired) electrons. The van der Waals surface area contributed by atoms with Crippen LogP contribution in [0.2, 0.25) is 0 Å². The summed E-state index contributed by atoms with van der Waals surface area (Å²) < 4.78 is 11.0. The Balaban J connectivity index is 1.30. The standard InChI is InChI=1S/C22H21N3O3S/c1-14-25-20(13-29-14)21-8-7-19(28-21)12-24-22(26)23-11-15-3-4-17-10-18(27-2)6-5-16(17)9-15/h3-10,13H,11-12H2,1-2H3,(H2,23,24,26). The number of thiazole rings is 1. The number of aryl methyl sites for hydroxylation is 1. The van der Waals surface area contributed by atoms with Gasteiger partial charge in [0, 0.05) is 11.9 Å². The number of hydrogen-bond donors (Lipinski definition) is 2. The summed E-state index contributed by atoms with van der Waals surface area (Å²) >= 11 is 1.58. The fourth-order valence-corrected chi connectivity index (χ4v) is 3.61. The molecule has 7 heteroatoms. The van der Waals surface area contributed by atoms with E-state index in [-0.39, 0.29) is 6.03 Å². The van der Waals surface area contributed by atoms with E-state index in [1.807, 2.05) is 54.8 Å². The number of benzene rings is 2. The number of urea groups is 1. The van der Waals surface area contributed by atoms with Crippen LogP contribution in [0.25, 0.3) is 22.2 Å². The van der Waals surface area contributed by atoms with E-state index < -0.39 is 0 Å². The number of aromatic nitrogens is 1. The van der Waals surface area contributed by atoms with Crippen LogP contribution in [0.4, 0.5) is 4.79 Å². The lowest BCUT2D eigenvalue weighted by atomic mass is 10.1. The van der Waals surface area contributed by atoms with Crippen LogP contribution in [-0.2, 0) is 13.1 Å². The van der Waals surface area contributed by atoms with E-state index >= 15 is 0 Å². The van der Waals surface area contributed by atoms with Crippen LogP contribution >= 0.6 is 11.3 Å². The molecule has 0 atom stereocenters. The Morgan fingerprint density at radius 3 is 2.66 bits per heavy atom. The molecule has 0 aliphatic carbocycles. The number of hydrogen-bond acceptors (Lipinski definition) is 5. The molecule has 0 saturated heterocycles. The van der Waals surface area contributed by atoms with Crippen molar-refractivity contribution in [1.82, 2.24) is 15.6 Å². The lowest BCUT2D eigenvalue weighted by Gasteiger charge is -2.08. The maximum absolute atomic E-state index is 12.1. The molecule has 0 aliphatic rings. The van der Waals surface area contributed by atoms with E-state index in [9.17, 15) is 4.79 Å². The number of furan rings is 1. The molecular weight excluding hydrogens is 386 g/mol. The van der Waals surface area contributed by atoms with Gasteiger partial charge in [-0.2, -0.15) is 0 Å². The number of rotatable bonds is 6. The van der Waals surface area contributed by atoms with E-state index in [1.54, 1.807) is 18.4 Å². The Labute approximate surface area is 172 Å². The summed E-state index contributed by atoms with van der Waals surface area (Å²) in [5.41, 5.74) is 1.84. The molecule has 2 aromatic carbocycles. The van der Waals surface area contributed by atoms with Gasteiger partial charge in [-0.1, -0.05) is 18.2 Å². The van der Waals surface area contributed by atoms with Crippen molar-refractivity contribution in [3.63, 3.8) is 0 Å². The maximum Gasteiger partial charge on any atom is 0.315 e. The molecule has 0 bridgehead atoms. The first-order chi connectivity index (χ1) is 14.1. The fourth-order valence-electron chi connectivity index (χ4n) is 3.01. The van der Waals surface area contributed by atoms with E-state index in [1.165, 1.54) is 0 Å². The van der Waals surface area contributed by atoms with Crippen LogP contribution in [0, 0.1) is 6.92 Å². The van der Waals surface area contributed by atoms with Crippen molar-refractivity contribution in [3.05, 3.63) is 70.2 Å². The first-order valence-electron chi connectivity index (χ1n) is 9.20. The molecule has 2 amide bonds. The smallest absolute Gasteiger partial charge is 0.315 e. The van der Waals surface area contributed by atoms with Gasteiger partial charge in [-0.25, -0.2) is 9.78 Å². The molecule has 0 aliphatic heterocycles. The van der Waals surface area contributed by atoms with Crippen molar-refractivity contribution in [2.45, 2.75) is 20.0 Å². The van der Waals surface area contributed by atoms with Gasteiger partial charge in [-0.05, 0) is 53.6 Å². The second-order valence-electron chi connectivity index (χ2n) is 6.60. The Kier molecular flexibility index (Phi) is 5.48. The van der Waals surface area contributed by atoms with Crippen LogP contribution in [0.5, 0.6) is 5.75 Å². The summed E-state index contributed by atoms with van der Waals surface area (Å²) in [6.07, 6.45) is 0. The van der Waals surface area contributed by atoms with Gasteiger partial charge in [-0.15, -0.1) is 11.3 Å². The van der Waals surface area contributed by atoms with Gasteiger partial charge in [0.2, 0.25) is 0 Å². The average molecular weight is 407 g/mol. The quantitative estimate of drug-likeness (QED) is 0.478. The number of methoxy groups -OCH3 is 1. The molecule has 6 nitrogen and oxygen atoms in total. The molecule has 2 N–H and O–H groups in total. The predicted octanol–water partition coefficient (Wildman–Crippen LogP) is 4.87. The Morgan fingerprint density at radius 2 is 1.86 bits per heavy atom. The summed E-state index contributed by atoms with van der Waals surface area (Å²) in [7, 11) is 1.65. The van der Waals surface area contributed by atoms with Crippen LogP contribution in [0.3, 0.4) is 0 Å². The van der Waals surface area contributed by atoms with Crippen molar-refractivity contribution in [2.75, 3.05) is 7.11 Å². The number of amides is 2. The Hall–Kier alpha value is -3.32. The van der Waals surface area contributed by atoms with Gasteiger partial charge in [0.15, 0.2) is 5.76 Å². The number of ether oxygens (including phenoxy) is 1. The summed E-state index contributed by atoms with van der Waals surface area (Å²) in [5, 5.41) is 10.8. The van der Waals surface area contributed by atoms with Crippen LogP contribution < -0.4 is 15.4 Å². The third kappa shape index (κ3) is 4.57. The van der Waals surface area contributed by atoms with Gasteiger partial charge >= 0.3 is 6.03 Å². The first-order valence-corrected chi connectivity index (χ1v) is 10.1.